The van der Waals surface area contributed by atoms with Gasteiger partial charge in [-0.05, 0) is 12.3 Å². The molecule has 1 atom stereocenters. The predicted octanol–water partition coefficient (Wildman–Crippen LogP) is 1.68. The van der Waals surface area contributed by atoms with E-state index in [2.05, 4.69) is 0 Å². The topological polar surface area (TPSA) is 46.2 Å². The summed E-state index contributed by atoms with van der Waals surface area (Å²) in [6, 6.07) is 2.78. The molecule has 0 amide bonds. The van der Waals surface area contributed by atoms with Crippen molar-refractivity contribution in [1.82, 2.24) is 0 Å². The van der Waals surface area contributed by atoms with Crippen LogP contribution in [0.1, 0.15) is 11.7 Å². The van der Waals surface area contributed by atoms with Crippen molar-refractivity contribution in [3.63, 3.8) is 0 Å². The number of benzene rings is 1. The summed E-state index contributed by atoms with van der Waals surface area (Å²) < 4.78 is 26.5. The van der Waals surface area contributed by atoms with Crippen LogP contribution in [0.4, 0.5) is 8.78 Å². The standard InChI is InChI=1S/C9H11F2NOS/c1-14-7-3-2-5(6(13)4-12)8(10)9(7)11/h2-3,6,13H,4,12H2,1H3. The minimum Gasteiger partial charge on any atom is -0.387 e. The van der Waals surface area contributed by atoms with E-state index in [1.165, 1.54) is 12.1 Å². The van der Waals surface area contributed by atoms with Crippen LogP contribution in [0.25, 0.3) is 0 Å². The van der Waals surface area contributed by atoms with E-state index in [9.17, 15) is 13.9 Å². The minimum atomic E-state index is -1.15. The molecule has 0 radical (unpaired) electrons. The van der Waals surface area contributed by atoms with Gasteiger partial charge in [-0.2, -0.15) is 0 Å². The Bertz CT molecular complexity index is 333. The van der Waals surface area contributed by atoms with E-state index < -0.39 is 17.7 Å². The molecule has 5 heteroatoms. The number of rotatable bonds is 3. The van der Waals surface area contributed by atoms with Crippen LogP contribution < -0.4 is 5.73 Å². The number of thioether (sulfide) groups is 1. The fraction of sp³-hybridized carbons (Fsp3) is 0.333. The molecule has 2 nitrogen and oxygen atoms in total. The van der Waals surface area contributed by atoms with Crippen molar-refractivity contribution in [2.45, 2.75) is 11.0 Å². The maximum Gasteiger partial charge on any atom is 0.172 e. The van der Waals surface area contributed by atoms with Gasteiger partial charge in [-0.3, -0.25) is 0 Å². The van der Waals surface area contributed by atoms with Crippen LogP contribution in [0, 0.1) is 11.6 Å². The zero-order chi connectivity index (χ0) is 10.7. The monoisotopic (exact) mass is 219 g/mol. The van der Waals surface area contributed by atoms with Gasteiger partial charge in [0.15, 0.2) is 11.6 Å². The zero-order valence-corrected chi connectivity index (χ0v) is 8.44. The zero-order valence-electron chi connectivity index (χ0n) is 7.63. The molecule has 0 fully saturated rings. The van der Waals surface area contributed by atoms with Crippen LogP contribution in [0.5, 0.6) is 0 Å². The van der Waals surface area contributed by atoms with Gasteiger partial charge >= 0.3 is 0 Å². The first-order valence-electron chi connectivity index (χ1n) is 4.01. The van der Waals surface area contributed by atoms with Gasteiger partial charge in [-0.1, -0.05) is 6.07 Å². The van der Waals surface area contributed by atoms with E-state index in [0.717, 1.165) is 11.8 Å². The van der Waals surface area contributed by atoms with E-state index in [0.29, 0.717) is 0 Å². The first-order valence-corrected chi connectivity index (χ1v) is 5.24. The summed E-state index contributed by atoms with van der Waals surface area (Å²) in [4.78, 5) is 0.218. The van der Waals surface area contributed by atoms with Gasteiger partial charge in [0.05, 0.1) is 6.10 Å². The van der Waals surface area contributed by atoms with Crippen molar-refractivity contribution in [1.29, 1.82) is 0 Å². The van der Waals surface area contributed by atoms with Gasteiger partial charge < -0.3 is 10.8 Å². The van der Waals surface area contributed by atoms with Crippen molar-refractivity contribution >= 4 is 11.8 Å². The van der Waals surface area contributed by atoms with Gasteiger partial charge in [0.2, 0.25) is 0 Å². The third-order valence-electron chi connectivity index (χ3n) is 1.88. The molecule has 1 aromatic carbocycles. The second-order valence-electron chi connectivity index (χ2n) is 2.74. The van der Waals surface area contributed by atoms with E-state index >= 15 is 0 Å². The third-order valence-corrected chi connectivity index (χ3v) is 2.63. The molecule has 0 saturated carbocycles. The minimum absolute atomic E-state index is 0.0946. The van der Waals surface area contributed by atoms with Gasteiger partial charge in [-0.15, -0.1) is 11.8 Å². The molecule has 0 aromatic heterocycles. The second kappa shape index (κ2) is 4.72. The van der Waals surface area contributed by atoms with Crippen LogP contribution in [0.3, 0.4) is 0 Å². The molecule has 0 aliphatic rings. The Hall–Kier alpha value is -0.650. The van der Waals surface area contributed by atoms with Crippen LogP contribution in [-0.4, -0.2) is 17.9 Å². The fourth-order valence-corrected chi connectivity index (χ4v) is 1.56. The Morgan fingerprint density at radius 3 is 2.57 bits per heavy atom. The molecule has 0 saturated heterocycles. The van der Waals surface area contributed by atoms with Gasteiger partial charge in [0, 0.05) is 17.0 Å². The summed E-state index contributed by atoms with van der Waals surface area (Å²) in [7, 11) is 0. The lowest BCUT2D eigenvalue weighted by atomic mass is 10.1. The summed E-state index contributed by atoms with van der Waals surface area (Å²) in [5, 5.41) is 9.26. The molecule has 78 valence electrons. The molecular weight excluding hydrogens is 208 g/mol. The fourth-order valence-electron chi connectivity index (χ4n) is 1.09. The van der Waals surface area contributed by atoms with E-state index in [1.54, 1.807) is 6.26 Å². The smallest absolute Gasteiger partial charge is 0.172 e. The maximum absolute atomic E-state index is 13.3. The first kappa shape index (κ1) is 11.4. The number of aliphatic hydroxyl groups excluding tert-OH is 1. The summed E-state index contributed by atoms with van der Waals surface area (Å²) >= 11 is 1.11. The number of nitrogens with two attached hydrogens (primary N) is 1. The molecule has 1 aromatic rings. The molecule has 1 unspecified atom stereocenters. The molecule has 1 rings (SSSR count). The van der Waals surface area contributed by atoms with Crippen molar-refractivity contribution < 1.29 is 13.9 Å². The molecule has 14 heavy (non-hydrogen) atoms. The summed E-state index contributed by atoms with van der Waals surface area (Å²) in [6.07, 6.45) is 0.497. The summed E-state index contributed by atoms with van der Waals surface area (Å²) in [6.45, 7) is -0.130. The van der Waals surface area contributed by atoms with Gasteiger partial charge in [0.1, 0.15) is 0 Å². The molecule has 0 bridgehead atoms. The Kier molecular flexibility index (Phi) is 3.86. The Morgan fingerprint density at radius 1 is 1.43 bits per heavy atom. The molecule has 3 N–H and O–H groups in total. The molecule has 0 aliphatic heterocycles. The van der Waals surface area contributed by atoms with E-state index in [4.69, 9.17) is 5.73 Å². The first-order chi connectivity index (χ1) is 6.61. The van der Waals surface area contributed by atoms with Gasteiger partial charge in [0.25, 0.3) is 0 Å². The lowest BCUT2D eigenvalue weighted by Gasteiger charge is -2.11. The highest BCUT2D eigenvalue weighted by Gasteiger charge is 2.17. The van der Waals surface area contributed by atoms with E-state index in [-0.39, 0.29) is 17.0 Å². The quantitative estimate of drug-likeness (QED) is 0.760. The van der Waals surface area contributed by atoms with E-state index in [1.807, 2.05) is 0 Å². The number of hydrogen-bond donors (Lipinski definition) is 2. The number of aliphatic hydroxyl groups is 1. The molecule has 0 spiro atoms. The molecule has 0 heterocycles. The number of halogens is 2. The second-order valence-corrected chi connectivity index (χ2v) is 3.58. The molecule has 0 aliphatic carbocycles. The lowest BCUT2D eigenvalue weighted by Crippen LogP contribution is -2.13. The largest absolute Gasteiger partial charge is 0.387 e. The van der Waals surface area contributed by atoms with Crippen molar-refractivity contribution in [2.75, 3.05) is 12.8 Å². The van der Waals surface area contributed by atoms with Crippen LogP contribution in [-0.2, 0) is 0 Å². The molecular formula is C9H11F2NOS. The van der Waals surface area contributed by atoms with Crippen LogP contribution >= 0.6 is 11.8 Å². The van der Waals surface area contributed by atoms with Crippen molar-refractivity contribution in [3.05, 3.63) is 29.3 Å². The van der Waals surface area contributed by atoms with Crippen molar-refractivity contribution in [3.8, 4) is 0 Å². The number of hydrogen-bond acceptors (Lipinski definition) is 3. The van der Waals surface area contributed by atoms with Crippen LogP contribution in [0.15, 0.2) is 17.0 Å². The highest BCUT2D eigenvalue weighted by atomic mass is 32.2. The third kappa shape index (κ3) is 2.05. The lowest BCUT2D eigenvalue weighted by molar-refractivity contribution is 0.180. The maximum atomic E-state index is 13.3. The SMILES string of the molecule is CSc1ccc(C(O)CN)c(F)c1F. The van der Waals surface area contributed by atoms with Crippen molar-refractivity contribution in [2.24, 2.45) is 5.73 Å². The highest BCUT2D eigenvalue weighted by molar-refractivity contribution is 7.98. The Labute approximate surface area is 85.1 Å². The average molecular weight is 219 g/mol. The van der Waals surface area contributed by atoms with Crippen LogP contribution in [0.2, 0.25) is 0 Å². The predicted molar refractivity (Wildman–Crippen MR) is 52.2 cm³/mol. The summed E-state index contributed by atoms with van der Waals surface area (Å²) in [5.74, 6) is -1.95. The normalized spacial score (nSPS) is 12.9. The Morgan fingerprint density at radius 2 is 2.07 bits per heavy atom. The average Bonchev–Trinajstić information content (AvgIpc) is 2.21. The van der Waals surface area contributed by atoms with Gasteiger partial charge in [-0.25, -0.2) is 8.78 Å². The highest BCUT2D eigenvalue weighted by Crippen LogP contribution is 2.26. The summed E-state index contributed by atoms with van der Waals surface area (Å²) in [5.41, 5.74) is 5.05. The Balaban J connectivity index is 3.17.